The molecule has 0 bridgehead atoms. The Bertz CT molecular complexity index is 881. The first-order valence-electron chi connectivity index (χ1n) is 8.21. The van der Waals surface area contributed by atoms with Crippen molar-refractivity contribution in [3.63, 3.8) is 0 Å². The number of aromatic nitrogens is 4. The van der Waals surface area contributed by atoms with Gasteiger partial charge in [0.2, 0.25) is 11.7 Å². The lowest BCUT2D eigenvalue weighted by molar-refractivity contribution is 0.0919. The standard InChI is InChI=1S/C18H21N5O2/c1-11(2)23-15(9-10-19-23)17(24)20-13(4)18-21-16(22-25-18)14-8-6-5-7-12(14)3/h5-11,13H,1-4H3,(H,20,24)/t13-/m0/s1. The van der Waals surface area contributed by atoms with Crippen LogP contribution in [0.25, 0.3) is 11.4 Å². The zero-order chi connectivity index (χ0) is 18.0. The highest BCUT2D eigenvalue weighted by molar-refractivity contribution is 5.92. The van der Waals surface area contributed by atoms with E-state index >= 15 is 0 Å². The van der Waals surface area contributed by atoms with Crippen molar-refractivity contribution in [2.45, 2.75) is 39.8 Å². The molecule has 25 heavy (non-hydrogen) atoms. The van der Waals surface area contributed by atoms with Crippen molar-refractivity contribution >= 4 is 5.91 Å². The maximum Gasteiger partial charge on any atom is 0.270 e. The Morgan fingerprint density at radius 3 is 2.68 bits per heavy atom. The summed E-state index contributed by atoms with van der Waals surface area (Å²) >= 11 is 0. The van der Waals surface area contributed by atoms with Crippen molar-refractivity contribution in [3.05, 3.63) is 53.7 Å². The third-order valence-corrected chi connectivity index (χ3v) is 3.94. The topological polar surface area (TPSA) is 85.8 Å². The van der Waals surface area contributed by atoms with Crippen molar-refractivity contribution in [2.24, 2.45) is 0 Å². The number of benzene rings is 1. The molecule has 7 nitrogen and oxygen atoms in total. The Hall–Kier alpha value is -2.96. The molecule has 0 aliphatic heterocycles. The van der Waals surface area contributed by atoms with Gasteiger partial charge in [0.25, 0.3) is 5.91 Å². The molecule has 130 valence electrons. The molecule has 2 aromatic heterocycles. The number of amides is 1. The van der Waals surface area contributed by atoms with E-state index in [1.54, 1.807) is 16.9 Å². The zero-order valence-corrected chi connectivity index (χ0v) is 14.7. The minimum Gasteiger partial charge on any atom is -0.339 e. The van der Waals surface area contributed by atoms with Crippen molar-refractivity contribution in [3.8, 4) is 11.4 Å². The van der Waals surface area contributed by atoms with Crippen LogP contribution in [0.15, 0.2) is 41.1 Å². The summed E-state index contributed by atoms with van der Waals surface area (Å²) in [6, 6.07) is 9.19. The Morgan fingerprint density at radius 1 is 1.20 bits per heavy atom. The van der Waals surface area contributed by atoms with E-state index in [4.69, 9.17) is 4.52 Å². The molecule has 3 aromatic rings. The number of aryl methyl sites for hydroxylation is 1. The largest absolute Gasteiger partial charge is 0.339 e. The minimum absolute atomic E-state index is 0.0992. The van der Waals surface area contributed by atoms with E-state index in [0.717, 1.165) is 11.1 Å². The van der Waals surface area contributed by atoms with Crippen molar-refractivity contribution in [1.29, 1.82) is 0 Å². The van der Waals surface area contributed by atoms with Gasteiger partial charge in [-0.05, 0) is 39.3 Å². The first kappa shape index (κ1) is 16.9. The summed E-state index contributed by atoms with van der Waals surface area (Å²) in [4.78, 5) is 16.9. The number of carbonyl (C=O) groups is 1. The lowest BCUT2D eigenvalue weighted by Gasteiger charge is -2.13. The molecule has 0 spiro atoms. The molecule has 0 saturated carbocycles. The molecule has 1 N–H and O–H groups in total. The molecule has 0 fully saturated rings. The average Bonchev–Trinajstić information content (AvgIpc) is 3.25. The summed E-state index contributed by atoms with van der Waals surface area (Å²) in [5.74, 6) is 0.651. The van der Waals surface area contributed by atoms with Crippen LogP contribution in [0.5, 0.6) is 0 Å². The Labute approximate surface area is 146 Å². The van der Waals surface area contributed by atoms with Gasteiger partial charge >= 0.3 is 0 Å². The third kappa shape index (κ3) is 3.45. The maximum absolute atomic E-state index is 12.5. The van der Waals surface area contributed by atoms with Crippen LogP contribution in [0.3, 0.4) is 0 Å². The summed E-state index contributed by atoms with van der Waals surface area (Å²) in [6.07, 6.45) is 1.61. The first-order valence-corrected chi connectivity index (χ1v) is 8.21. The highest BCUT2D eigenvalue weighted by atomic mass is 16.5. The predicted octanol–water partition coefficient (Wildman–Crippen LogP) is 3.31. The van der Waals surface area contributed by atoms with Gasteiger partial charge in [-0.25, -0.2) is 0 Å². The minimum atomic E-state index is -0.409. The van der Waals surface area contributed by atoms with Gasteiger partial charge in [0.1, 0.15) is 11.7 Å². The third-order valence-electron chi connectivity index (χ3n) is 3.94. The van der Waals surface area contributed by atoms with Gasteiger partial charge in [-0.15, -0.1) is 0 Å². The molecule has 2 heterocycles. The summed E-state index contributed by atoms with van der Waals surface area (Å²) in [6.45, 7) is 7.74. The maximum atomic E-state index is 12.5. The summed E-state index contributed by atoms with van der Waals surface area (Å²) in [5, 5.41) is 11.1. The number of hydrogen-bond acceptors (Lipinski definition) is 5. The second-order valence-corrected chi connectivity index (χ2v) is 6.22. The quantitative estimate of drug-likeness (QED) is 0.770. The molecule has 1 atom stereocenters. The summed E-state index contributed by atoms with van der Waals surface area (Å²) in [5.41, 5.74) is 2.47. The van der Waals surface area contributed by atoms with Crippen LogP contribution in [0.1, 0.15) is 54.8 Å². The van der Waals surface area contributed by atoms with Crippen LogP contribution in [-0.4, -0.2) is 25.8 Å². The number of nitrogens with zero attached hydrogens (tertiary/aromatic N) is 4. The van der Waals surface area contributed by atoms with Crippen LogP contribution >= 0.6 is 0 Å². The Balaban J connectivity index is 1.76. The highest BCUT2D eigenvalue weighted by Gasteiger charge is 2.21. The second kappa shape index (κ2) is 6.88. The van der Waals surface area contributed by atoms with Gasteiger partial charge in [-0.3, -0.25) is 9.48 Å². The van der Waals surface area contributed by atoms with Crippen LogP contribution in [0.4, 0.5) is 0 Å². The predicted molar refractivity (Wildman–Crippen MR) is 93.0 cm³/mol. The fraction of sp³-hybridized carbons (Fsp3) is 0.333. The molecule has 0 radical (unpaired) electrons. The fourth-order valence-corrected chi connectivity index (χ4v) is 2.58. The molecule has 0 unspecified atom stereocenters. The van der Waals surface area contributed by atoms with Gasteiger partial charge in [0.15, 0.2) is 0 Å². The summed E-state index contributed by atoms with van der Waals surface area (Å²) < 4.78 is 7.01. The highest BCUT2D eigenvalue weighted by Crippen LogP contribution is 2.22. The average molecular weight is 339 g/mol. The van der Waals surface area contributed by atoms with Crippen LogP contribution < -0.4 is 5.32 Å². The van der Waals surface area contributed by atoms with E-state index in [0.29, 0.717) is 17.4 Å². The lowest BCUT2D eigenvalue weighted by Crippen LogP contribution is -2.29. The first-order chi connectivity index (χ1) is 12.0. The molecule has 1 amide bonds. The van der Waals surface area contributed by atoms with E-state index in [1.165, 1.54) is 0 Å². The van der Waals surface area contributed by atoms with Gasteiger partial charge in [0.05, 0.1) is 0 Å². The van der Waals surface area contributed by atoms with Gasteiger partial charge < -0.3 is 9.84 Å². The van der Waals surface area contributed by atoms with Crippen molar-refractivity contribution < 1.29 is 9.32 Å². The SMILES string of the molecule is Cc1ccccc1-c1noc([C@H](C)NC(=O)c2ccnn2C(C)C)n1. The number of nitrogens with one attached hydrogen (secondary N) is 1. The molecule has 3 rings (SSSR count). The second-order valence-electron chi connectivity index (χ2n) is 6.22. The van der Waals surface area contributed by atoms with E-state index in [9.17, 15) is 4.79 Å². The molecular formula is C18H21N5O2. The van der Waals surface area contributed by atoms with Gasteiger partial charge in [-0.1, -0.05) is 29.4 Å². The number of carbonyl (C=O) groups excluding carboxylic acids is 1. The lowest BCUT2D eigenvalue weighted by atomic mass is 10.1. The van der Waals surface area contributed by atoms with Crippen LogP contribution in [-0.2, 0) is 0 Å². The molecule has 0 saturated heterocycles. The van der Waals surface area contributed by atoms with Crippen LogP contribution in [0, 0.1) is 6.92 Å². The van der Waals surface area contributed by atoms with E-state index < -0.39 is 6.04 Å². The zero-order valence-electron chi connectivity index (χ0n) is 14.7. The molecular weight excluding hydrogens is 318 g/mol. The number of rotatable bonds is 5. The molecule has 1 aromatic carbocycles. The molecule has 0 aliphatic rings. The van der Waals surface area contributed by atoms with Crippen molar-refractivity contribution in [2.75, 3.05) is 0 Å². The Morgan fingerprint density at radius 2 is 1.96 bits per heavy atom. The smallest absolute Gasteiger partial charge is 0.270 e. The van der Waals surface area contributed by atoms with Crippen molar-refractivity contribution in [1.82, 2.24) is 25.2 Å². The van der Waals surface area contributed by atoms with Crippen LogP contribution in [0.2, 0.25) is 0 Å². The molecule has 7 heteroatoms. The summed E-state index contributed by atoms with van der Waals surface area (Å²) in [7, 11) is 0. The normalized spacial score (nSPS) is 12.4. The van der Waals surface area contributed by atoms with E-state index in [2.05, 4.69) is 20.6 Å². The molecule has 0 aliphatic carbocycles. The van der Waals surface area contributed by atoms with Gasteiger partial charge in [0, 0.05) is 17.8 Å². The fourth-order valence-electron chi connectivity index (χ4n) is 2.58. The number of hydrogen-bond donors (Lipinski definition) is 1. The monoisotopic (exact) mass is 339 g/mol. The van der Waals surface area contributed by atoms with Gasteiger partial charge in [-0.2, -0.15) is 10.1 Å². The van der Waals surface area contributed by atoms with E-state index in [-0.39, 0.29) is 11.9 Å². The Kier molecular flexibility index (Phi) is 4.65. The van der Waals surface area contributed by atoms with E-state index in [1.807, 2.05) is 52.0 Å².